The van der Waals surface area contributed by atoms with Gasteiger partial charge in [-0.3, -0.25) is 0 Å². The third kappa shape index (κ3) is 2.27. The molecule has 1 nitrogen and oxygen atoms in total. The number of hydrogen-bond donors (Lipinski definition) is 1. The van der Waals surface area contributed by atoms with Gasteiger partial charge in [0.1, 0.15) is 0 Å². The van der Waals surface area contributed by atoms with Crippen LogP contribution >= 0.6 is 27.5 Å². The van der Waals surface area contributed by atoms with Crippen molar-refractivity contribution in [2.75, 3.05) is 11.9 Å². The van der Waals surface area contributed by atoms with Crippen LogP contribution in [0.25, 0.3) is 0 Å². The Morgan fingerprint density at radius 3 is 2.89 bits per heavy atom. The molecule has 0 heterocycles. The smallest absolute Gasteiger partial charge is 0.0638 e. The second-order valence-corrected chi connectivity index (χ2v) is 5.93. The van der Waals surface area contributed by atoms with Crippen molar-refractivity contribution in [3.05, 3.63) is 63.1 Å². The molecule has 1 unspecified atom stereocenters. The summed E-state index contributed by atoms with van der Waals surface area (Å²) >= 11 is 9.62. The number of rotatable bonds is 3. The van der Waals surface area contributed by atoms with Crippen LogP contribution in [-0.4, -0.2) is 6.54 Å². The van der Waals surface area contributed by atoms with E-state index in [1.54, 1.807) is 0 Å². The zero-order valence-corrected chi connectivity index (χ0v) is 12.1. The quantitative estimate of drug-likeness (QED) is 0.851. The highest BCUT2D eigenvalue weighted by molar-refractivity contribution is 9.10. The number of fused-ring (bicyclic) bond motifs is 1. The minimum atomic E-state index is 0.608. The summed E-state index contributed by atoms with van der Waals surface area (Å²) in [6.45, 7) is 0.938. The van der Waals surface area contributed by atoms with E-state index >= 15 is 0 Å². The first-order chi connectivity index (χ1) is 8.74. The third-order valence-corrected chi connectivity index (χ3v) is 4.25. The van der Waals surface area contributed by atoms with Crippen molar-refractivity contribution in [1.29, 1.82) is 0 Å². The average Bonchev–Trinajstić information content (AvgIpc) is 2.34. The Balaban J connectivity index is 1.68. The number of hydrogen-bond acceptors (Lipinski definition) is 1. The standard InChI is InChI=1S/C15H13BrClN/c16-12-5-6-14(17)15(8-12)18-9-11-7-10-3-1-2-4-13(10)11/h1-6,8,11,18H,7,9H2. The van der Waals surface area contributed by atoms with Crippen molar-refractivity contribution in [2.24, 2.45) is 0 Å². The van der Waals surface area contributed by atoms with E-state index in [-0.39, 0.29) is 0 Å². The maximum Gasteiger partial charge on any atom is 0.0638 e. The molecule has 3 rings (SSSR count). The van der Waals surface area contributed by atoms with Crippen molar-refractivity contribution in [2.45, 2.75) is 12.3 Å². The zero-order valence-electron chi connectivity index (χ0n) is 9.79. The minimum Gasteiger partial charge on any atom is -0.383 e. The Hall–Kier alpha value is -0.990. The van der Waals surface area contributed by atoms with Gasteiger partial charge in [0.05, 0.1) is 10.7 Å². The fourth-order valence-corrected chi connectivity index (χ4v) is 2.96. The lowest BCUT2D eigenvalue weighted by atomic mass is 9.77. The van der Waals surface area contributed by atoms with Crippen molar-refractivity contribution in [3.63, 3.8) is 0 Å². The molecule has 18 heavy (non-hydrogen) atoms. The van der Waals surface area contributed by atoms with Crippen LogP contribution in [0.5, 0.6) is 0 Å². The van der Waals surface area contributed by atoms with Crippen LogP contribution < -0.4 is 5.32 Å². The molecule has 0 aliphatic heterocycles. The molecule has 0 saturated heterocycles. The van der Waals surface area contributed by atoms with Crippen molar-refractivity contribution in [1.82, 2.24) is 0 Å². The Labute approximate surface area is 120 Å². The molecule has 1 aliphatic carbocycles. The van der Waals surface area contributed by atoms with E-state index in [0.717, 1.165) is 28.1 Å². The van der Waals surface area contributed by atoms with Gasteiger partial charge in [-0.1, -0.05) is 51.8 Å². The summed E-state index contributed by atoms with van der Waals surface area (Å²) < 4.78 is 1.04. The van der Waals surface area contributed by atoms with Gasteiger partial charge in [0, 0.05) is 16.9 Å². The third-order valence-electron chi connectivity index (χ3n) is 3.43. The van der Waals surface area contributed by atoms with Crippen LogP contribution in [0.1, 0.15) is 17.0 Å². The van der Waals surface area contributed by atoms with Crippen LogP contribution in [0.2, 0.25) is 5.02 Å². The zero-order chi connectivity index (χ0) is 12.5. The summed E-state index contributed by atoms with van der Waals surface area (Å²) in [4.78, 5) is 0. The molecule has 0 aromatic heterocycles. The molecule has 0 radical (unpaired) electrons. The van der Waals surface area contributed by atoms with Gasteiger partial charge < -0.3 is 5.32 Å². The lowest BCUT2D eigenvalue weighted by Gasteiger charge is -2.30. The number of halogens is 2. The predicted octanol–water partition coefficient (Wildman–Crippen LogP) is 4.85. The Morgan fingerprint density at radius 2 is 2.06 bits per heavy atom. The number of benzene rings is 2. The highest BCUT2D eigenvalue weighted by atomic mass is 79.9. The number of anilines is 1. The average molecular weight is 323 g/mol. The SMILES string of the molecule is Clc1ccc(Br)cc1NCC1Cc2ccccc21. The monoisotopic (exact) mass is 321 g/mol. The Morgan fingerprint density at radius 1 is 1.22 bits per heavy atom. The van der Waals surface area contributed by atoms with E-state index in [9.17, 15) is 0 Å². The van der Waals surface area contributed by atoms with Gasteiger partial charge in [0.2, 0.25) is 0 Å². The van der Waals surface area contributed by atoms with Gasteiger partial charge in [0.25, 0.3) is 0 Å². The second-order valence-electron chi connectivity index (χ2n) is 4.60. The molecule has 1 N–H and O–H groups in total. The van der Waals surface area contributed by atoms with Crippen LogP contribution in [-0.2, 0) is 6.42 Å². The molecule has 0 spiro atoms. The molecule has 92 valence electrons. The predicted molar refractivity (Wildman–Crippen MR) is 80.5 cm³/mol. The summed E-state index contributed by atoms with van der Waals surface area (Å²) in [5.41, 5.74) is 3.94. The van der Waals surface area contributed by atoms with Gasteiger partial charge in [-0.05, 0) is 35.7 Å². The van der Waals surface area contributed by atoms with Crippen molar-refractivity contribution in [3.8, 4) is 0 Å². The Kier molecular flexibility index (Phi) is 3.31. The summed E-state index contributed by atoms with van der Waals surface area (Å²) in [6, 6.07) is 14.5. The van der Waals surface area contributed by atoms with Gasteiger partial charge in [0.15, 0.2) is 0 Å². The van der Waals surface area contributed by atoms with Crippen LogP contribution in [0, 0.1) is 0 Å². The second kappa shape index (κ2) is 4.94. The van der Waals surface area contributed by atoms with Gasteiger partial charge in [-0.25, -0.2) is 0 Å². The summed E-state index contributed by atoms with van der Waals surface area (Å²) in [5.74, 6) is 0.608. The van der Waals surface area contributed by atoms with Crippen molar-refractivity contribution >= 4 is 33.2 Å². The van der Waals surface area contributed by atoms with E-state index in [0.29, 0.717) is 5.92 Å². The molecule has 2 aromatic carbocycles. The van der Waals surface area contributed by atoms with E-state index in [1.807, 2.05) is 18.2 Å². The Bertz CT molecular complexity index is 582. The minimum absolute atomic E-state index is 0.608. The number of nitrogens with one attached hydrogen (secondary N) is 1. The molecule has 3 heteroatoms. The van der Waals surface area contributed by atoms with Crippen LogP contribution in [0.15, 0.2) is 46.9 Å². The molecular formula is C15H13BrClN. The lowest BCUT2D eigenvalue weighted by molar-refractivity contribution is 0.636. The van der Waals surface area contributed by atoms with Gasteiger partial charge >= 0.3 is 0 Å². The maximum absolute atomic E-state index is 6.16. The fourth-order valence-electron chi connectivity index (χ4n) is 2.41. The first kappa shape index (κ1) is 12.1. The van der Waals surface area contributed by atoms with E-state index in [1.165, 1.54) is 11.1 Å². The van der Waals surface area contributed by atoms with E-state index < -0.39 is 0 Å². The molecule has 0 saturated carbocycles. The first-order valence-corrected chi connectivity index (χ1v) is 7.18. The van der Waals surface area contributed by atoms with Crippen LogP contribution in [0.4, 0.5) is 5.69 Å². The fraction of sp³-hybridized carbons (Fsp3) is 0.200. The largest absolute Gasteiger partial charge is 0.383 e. The molecule has 0 bridgehead atoms. The summed E-state index contributed by atoms with van der Waals surface area (Å²) in [7, 11) is 0. The molecule has 0 fully saturated rings. The highest BCUT2D eigenvalue weighted by Crippen LogP contribution is 2.35. The molecule has 0 amide bonds. The molecule has 1 atom stereocenters. The van der Waals surface area contributed by atoms with Crippen molar-refractivity contribution < 1.29 is 0 Å². The molecule has 2 aromatic rings. The first-order valence-electron chi connectivity index (χ1n) is 6.01. The highest BCUT2D eigenvalue weighted by Gasteiger charge is 2.24. The van der Waals surface area contributed by atoms with E-state index in [4.69, 9.17) is 11.6 Å². The molecular weight excluding hydrogens is 310 g/mol. The van der Waals surface area contributed by atoms with Gasteiger partial charge in [-0.2, -0.15) is 0 Å². The summed E-state index contributed by atoms with van der Waals surface area (Å²) in [6.07, 6.45) is 1.16. The van der Waals surface area contributed by atoms with E-state index in [2.05, 4.69) is 45.5 Å². The topological polar surface area (TPSA) is 12.0 Å². The molecule has 1 aliphatic rings. The van der Waals surface area contributed by atoms with Gasteiger partial charge in [-0.15, -0.1) is 0 Å². The van der Waals surface area contributed by atoms with Crippen LogP contribution in [0.3, 0.4) is 0 Å². The summed E-state index contributed by atoms with van der Waals surface area (Å²) in [5, 5.41) is 4.20. The normalized spacial score (nSPS) is 16.9. The lowest BCUT2D eigenvalue weighted by Crippen LogP contribution is -2.24. The maximum atomic E-state index is 6.16.